The van der Waals surface area contributed by atoms with Gasteiger partial charge in [-0.25, -0.2) is 0 Å². The number of ether oxygens (including phenoxy) is 2. The van der Waals surface area contributed by atoms with Crippen LogP contribution in [-0.4, -0.2) is 14.2 Å². The maximum atomic E-state index is 6.58. The minimum atomic E-state index is -0.687. The molecule has 0 amide bonds. The van der Waals surface area contributed by atoms with E-state index >= 15 is 0 Å². The number of halogens is 2. The molecule has 0 spiro atoms. The van der Waals surface area contributed by atoms with E-state index in [1.54, 1.807) is 14.2 Å². The van der Waals surface area contributed by atoms with Crippen LogP contribution in [0.4, 0.5) is 0 Å². The smallest absolute Gasteiger partial charge is 0.118 e. The van der Waals surface area contributed by atoms with Crippen LogP contribution >= 0.6 is 23.2 Å². The molecule has 8 rings (SSSR count). The van der Waals surface area contributed by atoms with Gasteiger partial charge in [0.05, 0.1) is 25.0 Å². The van der Waals surface area contributed by atoms with Gasteiger partial charge in [-0.15, -0.1) is 0 Å². The molecule has 0 radical (unpaired) electrons. The summed E-state index contributed by atoms with van der Waals surface area (Å²) >= 11 is 13.2. The fraction of sp³-hybridized carbons (Fsp3) is 0.150. The Balaban J connectivity index is 1.64. The Hall–Kier alpha value is -4.24. The van der Waals surface area contributed by atoms with Crippen molar-refractivity contribution in [3.8, 4) is 11.5 Å². The van der Waals surface area contributed by atoms with Gasteiger partial charge >= 0.3 is 0 Å². The first-order chi connectivity index (χ1) is 21.5. The highest BCUT2D eigenvalue weighted by molar-refractivity contribution is 6.30. The van der Waals surface area contributed by atoms with E-state index in [0.29, 0.717) is 10.0 Å². The highest BCUT2D eigenvalue weighted by Crippen LogP contribution is 2.67. The molecule has 0 aliphatic heterocycles. The Morgan fingerprint density at radius 1 is 0.432 bits per heavy atom. The van der Waals surface area contributed by atoms with Crippen LogP contribution in [0.1, 0.15) is 44.5 Å². The van der Waals surface area contributed by atoms with Crippen molar-refractivity contribution in [3.05, 3.63) is 176 Å². The average Bonchev–Trinajstić information content (AvgIpc) is 3.61. The van der Waals surface area contributed by atoms with E-state index in [1.165, 1.54) is 44.2 Å². The molecule has 2 nitrogen and oxygen atoms in total. The van der Waals surface area contributed by atoms with Gasteiger partial charge in [0.25, 0.3) is 0 Å². The number of aryl methyl sites for hydroxylation is 2. The molecule has 0 fully saturated rings. The first-order valence-electron chi connectivity index (χ1n) is 14.9. The Morgan fingerprint density at radius 3 is 1.11 bits per heavy atom. The number of benzene rings is 6. The molecule has 0 unspecified atom stereocenters. The van der Waals surface area contributed by atoms with Gasteiger partial charge in [0.15, 0.2) is 0 Å². The van der Waals surface area contributed by atoms with Gasteiger partial charge in [-0.3, -0.25) is 0 Å². The molecule has 0 heterocycles. The molecule has 0 aromatic heterocycles. The molecule has 0 atom stereocenters. The van der Waals surface area contributed by atoms with Gasteiger partial charge in [0.2, 0.25) is 0 Å². The van der Waals surface area contributed by atoms with E-state index < -0.39 is 10.8 Å². The molecule has 0 N–H and O–H groups in total. The summed E-state index contributed by atoms with van der Waals surface area (Å²) in [5.74, 6) is 1.64. The topological polar surface area (TPSA) is 18.5 Å². The first kappa shape index (κ1) is 27.3. The van der Waals surface area contributed by atoms with E-state index in [-0.39, 0.29) is 0 Å². The molecule has 0 saturated heterocycles. The van der Waals surface area contributed by atoms with Crippen molar-refractivity contribution in [2.24, 2.45) is 0 Å². The molecule has 44 heavy (non-hydrogen) atoms. The molecule has 2 aliphatic rings. The van der Waals surface area contributed by atoms with Crippen molar-refractivity contribution in [1.82, 2.24) is 0 Å². The van der Waals surface area contributed by atoms with Crippen LogP contribution in [0.2, 0.25) is 10.0 Å². The zero-order valence-corrected chi connectivity index (χ0v) is 26.0. The van der Waals surface area contributed by atoms with E-state index in [4.69, 9.17) is 32.7 Å². The standard InChI is InChI=1S/C40H30Cl2O2/c1-43-33-19-11-29(12-20-33)40(30-13-21-34(44-2)22-14-30)36-24-6-26-4-3-25-5-23-35(38(36)37(25)26)39(40,27-7-15-31(41)16-8-27)28-9-17-32(42)18-10-28/h5-24H,3-4H2,1-2H3. The van der Waals surface area contributed by atoms with Crippen LogP contribution in [0.5, 0.6) is 11.5 Å². The van der Waals surface area contributed by atoms with Crippen molar-refractivity contribution in [1.29, 1.82) is 0 Å². The second kappa shape index (κ2) is 10.2. The zero-order chi connectivity index (χ0) is 30.1. The monoisotopic (exact) mass is 612 g/mol. The van der Waals surface area contributed by atoms with Crippen LogP contribution in [0.25, 0.3) is 10.8 Å². The maximum absolute atomic E-state index is 6.58. The normalized spacial score (nSPS) is 15.5. The van der Waals surface area contributed by atoms with Crippen molar-refractivity contribution in [3.63, 3.8) is 0 Å². The van der Waals surface area contributed by atoms with Gasteiger partial charge in [0.1, 0.15) is 11.5 Å². The van der Waals surface area contributed by atoms with Crippen molar-refractivity contribution < 1.29 is 9.47 Å². The summed E-state index contributed by atoms with van der Waals surface area (Å²) in [6.07, 6.45) is 2.12. The fourth-order valence-corrected chi connectivity index (χ4v) is 8.51. The van der Waals surface area contributed by atoms with Gasteiger partial charge in [-0.2, -0.15) is 0 Å². The summed E-state index contributed by atoms with van der Waals surface area (Å²) in [7, 11) is 3.43. The number of rotatable bonds is 6. The second-order valence-electron chi connectivity index (χ2n) is 11.8. The molecular weight excluding hydrogens is 583 g/mol. The lowest BCUT2D eigenvalue weighted by molar-refractivity contribution is 0.410. The minimum absolute atomic E-state index is 0.685. The molecule has 4 heteroatoms. The van der Waals surface area contributed by atoms with Crippen LogP contribution in [-0.2, 0) is 23.7 Å². The SMILES string of the molecule is COc1ccc(C2(c3ccc(OC)cc3)c3ccc4c5c(ccc(c35)C2(c2ccc(Cl)cc2)c2ccc(Cl)cc2)CC4)cc1. The lowest BCUT2D eigenvalue weighted by atomic mass is 9.50. The molecule has 6 aromatic carbocycles. The minimum Gasteiger partial charge on any atom is -0.497 e. The van der Waals surface area contributed by atoms with Crippen LogP contribution in [0, 0.1) is 0 Å². The Labute approximate surface area is 267 Å². The molecule has 0 bridgehead atoms. The Bertz CT molecular complexity index is 1920. The predicted octanol–water partition coefficient (Wildman–Crippen LogP) is 9.94. The van der Waals surface area contributed by atoms with Crippen molar-refractivity contribution in [2.45, 2.75) is 23.7 Å². The highest BCUT2D eigenvalue weighted by atomic mass is 35.5. The largest absolute Gasteiger partial charge is 0.497 e. The molecule has 2 aliphatic carbocycles. The van der Waals surface area contributed by atoms with Gasteiger partial charge in [-0.05, 0) is 117 Å². The van der Waals surface area contributed by atoms with E-state index in [0.717, 1.165) is 35.5 Å². The average molecular weight is 614 g/mol. The summed E-state index contributed by atoms with van der Waals surface area (Å²) in [5, 5.41) is 4.15. The summed E-state index contributed by atoms with van der Waals surface area (Å²) in [4.78, 5) is 0. The molecular formula is C40H30Cl2O2. The lowest BCUT2D eigenvalue weighted by Gasteiger charge is -2.50. The predicted molar refractivity (Wildman–Crippen MR) is 180 cm³/mol. The Kier molecular flexibility index (Phi) is 6.31. The fourth-order valence-electron chi connectivity index (χ4n) is 8.26. The number of methoxy groups -OCH3 is 2. The van der Waals surface area contributed by atoms with E-state index in [9.17, 15) is 0 Å². The second-order valence-corrected chi connectivity index (χ2v) is 12.6. The highest BCUT2D eigenvalue weighted by Gasteiger charge is 2.62. The van der Waals surface area contributed by atoms with E-state index in [2.05, 4.69) is 97.1 Å². The first-order valence-corrected chi connectivity index (χ1v) is 15.7. The third kappa shape index (κ3) is 3.56. The lowest BCUT2D eigenvalue weighted by Crippen LogP contribution is -2.49. The third-order valence-electron chi connectivity index (χ3n) is 9.97. The summed E-state index contributed by atoms with van der Waals surface area (Å²) < 4.78 is 11.3. The quantitative estimate of drug-likeness (QED) is 0.186. The molecule has 6 aromatic rings. The van der Waals surface area contributed by atoms with Crippen LogP contribution < -0.4 is 9.47 Å². The maximum Gasteiger partial charge on any atom is 0.118 e. The molecule has 0 saturated carbocycles. The third-order valence-corrected chi connectivity index (χ3v) is 10.5. The summed E-state index contributed by atoms with van der Waals surface area (Å²) in [6, 6.07) is 43.6. The van der Waals surface area contributed by atoms with Gasteiger partial charge in [0, 0.05) is 10.0 Å². The van der Waals surface area contributed by atoms with E-state index in [1.807, 2.05) is 24.3 Å². The van der Waals surface area contributed by atoms with Crippen LogP contribution in [0.15, 0.2) is 121 Å². The summed E-state index contributed by atoms with van der Waals surface area (Å²) in [6.45, 7) is 0. The molecule has 216 valence electrons. The number of hydrogen-bond donors (Lipinski definition) is 0. The van der Waals surface area contributed by atoms with Gasteiger partial charge in [-0.1, -0.05) is 96.0 Å². The summed E-state index contributed by atoms with van der Waals surface area (Å²) in [5.41, 5.74) is 8.68. The van der Waals surface area contributed by atoms with Crippen molar-refractivity contribution in [2.75, 3.05) is 14.2 Å². The van der Waals surface area contributed by atoms with Gasteiger partial charge < -0.3 is 9.47 Å². The van der Waals surface area contributed by atoms with Crippen molar-refractivity contribution >= 4 is 34.0 Å². The van der Waals surface area contributed by atoms with Crippen LogP contribution in [0.3, 0.4) is 0 Å². The zero-order valence-electron chi connectivity index (χ0n) is 24.5. The Morgan fingerprint density at radius 2 is 0.773 bits per heavy atom. The number of hydrogen-bond acceptors (Lipinski definition) is 2.